The molecule has 2 amide bonds. The number of nitrogens with one attached hydrogen (secondary N) is 1. The van der Waals surface area contributed by atoms with Crippen molar-refractivity contribution in [3.63, 3.8) is 0 Å². The zero-order valence-electron chi connectivity index (χ0n) is 16.7. The van der Waals surface area contributed by atoms with Crippen LogP contribution in [-0.4, -0.2) is 56.2 Å². The fourth-order valence-electron chi connectivity index (χ4n) is 3.15. The van der Waals surface area contributed by atoms with E-state index in [1.165, 1.54) is 17.0 Å². The molecule has 13 heteroatoms. The van der Waals surface area contributed by atoms with Crippen molar-refractivity contribution in [3.8, 4) is 17.5 Å². The Morgan fingerprint density at radius 2 is 1.88 bits per heavy atom. The van der Waals surface area contributed by atoms with E-state index >= 15 is 0 Å². The first-order chi connectivity index (χ1) is 15.7. The predicted molar refractivity (Wildman–Crippen MR) is 106 cm³/mol. The maximum absolute atomic E-state index is 13.4. The van der Waals surface area contributed by atoms with Gasteiger partial charge in [0.15, 0.2) is 5.69 Å². The van der Waals surface area contributed by atoms with Gasteiger partial charge < -0.3 is 24.5 Å². The van der Waals surface area contributed by atoms with Gasteiger partial charge in [0.1, 0.15) is 6.10 Å². The molecule has 33 heavy (non-hydrogen) atoms. The Balaban J connectivity index is 1.47. The van der Waals surface area contributed by atoms with Crippen molar-refractivity contribution in [1.82, 2.24) is 19.9 Å². The van der Waals surface area contributed by atoms with Crippen molar-refractivity contribution in [2.45, 2.75) is 18.7 Å². The first-order valence-electron chi connectivity index (χ1n) is 9.62. The van der Waals surface area contributed by atoms with Crippen molar-refractivity contribution in [2.24, 2.45) is 0 Å². The lowest BCUT2D eigenvalue weighted by molar-refractivity contribution is -0.153. The number of carbonyl (C=O) groups is 2. The third-order valence-electron chi connectivity index (χ3n) is 4.69. The van der Waals surface area contributed by atoms with Crippen molar-refractivity contribution < 1.29 is 37.0 Å². The van der Waals surface area contributed by atoms with Crippen LogP contribution in [0, 0.1) is 0 Å². The van der Waals surface area contributed by atoms with Crippen LogP contribution in [0.2, 0.25) is 0 Å². The summed E-state index contributed by atoms with van der Waals surface area (Å²) < 4.78 is 50.6. The Morgan fingerprint density at radius 1 is 1.18 bits per heavy atom. The van der Waals surface area contributed by atoms with Crippen molar-refractivity contribution in [3.05, 3.63) is 54.2 Å². The highest BCUT2D eigenvalue weighted by atomic mass is 19.4. The van der Waals surface area contributed by atoms with Crippen LogP contribution in [0.15, 0.2) is 47.1 Å². The fourth-order valence-corrected chi connectivity index (χ4v) is 3.15. The number of anilines is 1. The molecule has 172 valence electrons. The van der Waals surface area contributed by atoms with Gasteiger partial charge in [-0.3, -0.25) is 4.79 Å². The zero-order chi connectivity index (χ0) is 23.6. The number of hydrogen-bond acceptors (Lipinski definition) is 7. The number of rotatable bonds is 5. The average Bonchev–Trinajstić information content (AvgIpc) is 3.43. The Bertz CT molecular complexity index is 1150. The topological polar surface area (TPSA) is 131 Å². The quantitative estimate of drug-likeness (QED) is 0.588. The number of carbonyl (C=O) groups excluding carboxylic acids is 1. The molecule has 0 radical (unpaired) electrons. The van der Waals surface area contributed by atoms with E-state index in [0.29, 0.717) is 13.0 Å². The van der Waals surface area contributed by atoms with Crippen LogP contribution >= 0.6 is 0 Å². The van der Waals surface area contributed by atoms with Gasteiger partial charge in [0, 0.05) is 18.5 Å². The summed E-state index contributed by atoms with van der Waals surface area (Å²) in [5.41, 5.74) is -0.648. The number of ether oxygens (including phenoxy) is 1. The summed E-state index contributed by atoms with van der Waals surface area (Å²) >= 11 is 0. The van der Waals surface area contributed by atoms with Crippen molar-refractivity contribution in [1.29, 1.82) is 0 Å². The van der Waals surface area contributed by atoms with Gasteiger partial charge in [-0.15, -0.1) is 0 Å². The van der Waals surface area contributed by atoms with Gasteiger partial charge in [-0.25, -0.2) is 19.7 Å². The lowest BCUT2D eigenvalue weighted by atomic mass is 10.2. The third-order valence-corrected chi connectivity index (χ3v) is 4.69. The molecule has 4 rings (SSSR count). The summed E-state index contributed by atoms with van der Waals surface area (Å²) in [6.45, 7) is 0.478. The number of hydrogen-bond donors (Lipinski definition) is 2. The lowest BCUT2D eigenvalue weighted by Gasteiger charge is -2.13. The summed E-state index contributed by atoms with van der Waals surface area (Å²) in [5.74, 6) is -3.03. The molecule has 0 saturated carbocycles. The molecule has 1 aliphatic rings. The first-order valence-corrected chi connectivity index (χ1v) is 9.62. The van der Waals surface area contributed by atoms with Gasteiger partial charge in [0.25, 0.3) is 5.91 Å². The number of halogens is 3. The van der Waals surface area contributed by atoms with Gasteiger partial charge in [-0.1, -0.05) is 18.2 Å². The molecule has 2 aromatic heterocycles. The van der Waals surface area contributed by atoms with Gasteiger partial charge in [-0.2, -0.15) is 13.2 Å². The van der Waals surface area contributed by atoms with Gasteiger partial charge in [0.05, 0.1) is 24.6 Å². The second kappa shape index (κ2) is 8.76. The van der Waals surface area contributed by atoms with Crippen LogP contribution in [0.4, 0.5) is 23.7 Å². The molecule has 0 spiro atoms. The number of likely N-dealkylation sites (tertiary alicyclic amines) is 1. The van der Waals surface area contributed by atoms with E-state index in [-0.39, 0.29) is 29.7 Å². The predicted octanol–water partition coefficient (Wildman–Crippen LogP) is 3.53. The number of nitrogens with zero attached hydrogens (tertiary/aromatic N) is 4. The van der Waals surface area contributed by atoms with Crippen LogP contribution < -0.4 is 10.1 Å². The van der Waals surface area contributed by atoms with Crippen molar-refractivity contribution in [2.75, 3.05) is 18.4 Å². The monoisotopic (exact) mass is 463 g/mol. The largest absolute Gasteiger partial charge is 0.465 e. The summed E-state index contributed by atoms with van der Waals surface area (Å²) in [6, 6.07) is 7.80. The molecule has 0 aliphatic carbocycles. The van der Waals surface area contributed by atoms with E-state index in [9.17, 15) is 22.8 Å². The van der Waals surface area contributed by atoms with E-state index in [1.807, 2.05) is 0 Å². The maximum atomic E-state index is 13.4. The second-order valence-electron chi connectivity index (χ2n) is 7.03. The summed E-state index contributed by atoms with van der Waals surface area (Å²) in [6.07, 6.45) is -3.66. The molecule has 1 aromatic carbocycles. The average molecular weight is 463 g/mol. The number of carboxylic acid groups (broad SMARTS) is 1. The smallest absolute Gasteiger partial charge is 0.452 e. The molecule has 3 heterocycles. The molecular weight excluding hydrogens is 447 g/mol. The maximum Gasteiger partial charge on any atom is 0.452 e. The van der Waals surface area contributed by atoms with E-state index in [2.05, 4.69) is 20.3 Å². The second-order valence-corrected chi connectivity index (χ2v) is 7.03. The number of alkyl halides is 3. The summed E-state index contributed by atoms with van der Waals surface area (Å²) in [4.78, 5) is 36.2. The lowest BCUT2D eigenvalue weighted by Crippen LogP contribution is -2.29. The van der Waals surface area contributed by atoms with E-state index in [0.717, 1.165) is 12.4 Å². The zero-order valence-corrected chi connectivity index (χ0v) is 16.7. The standard InChI is InChI=1S/C20H16F3N5O5/c21-20(22,23)15-14(27-17(33-15)11-4-2-1-3-5-11)16(29)26-12-8-24-18(25-9-12)32-13-6-7-28(10-13)19(30)31/h1-5,8-9,13H,6-7,10H2,(H,26,29)(H,30,31). The minimum absolute atomic E-state index is 0.00307. The summed E-state index contributed by atoms with van der Waals surface area (Å²) in [5, 5.41) is 11.2. The minimum Gasteiger partial charge on any atom is -0.465 e. The molecule has 10 nitrogen and oxygen atoms in total. The van der Waals surface area contributed by atoms with E-state index in [4.69, 9.17) is 14.3 Å². The minimum atomic E-state index is -4.94. The third kappa shape index (κ3) is 5.02. The number of benzene rings is 1. The summed E-state index contributed by atoms with van der Waals surface area (Å²) in [7, 11) is 0. The van der Waals surface area contributed by atoms with Gasteiger partial charge in [0.2, 0.25) is 11.7 Å². The first kappa shape index (κ1) is 22.0. The molecule has 0 bridgehead atoms. The molecule has 1 unspecified atom stereocenters. The van der Waals surface area contributed by atoms with Crippen LogP contribution in [0.3, 0.4) is 0 Å². The normalized spacial score (nSPS) is 16.0. The van der Waals surface area contributed by atoms with Crippen molar-refractivity contribution >= 4 is 17.7 Å². The van der Waals surface area contributed by atoms with Crippen LogP contribution in [0.1, 0.15) is 22.7 Å². The Hall–Kier alpha value is -4.16. The molecule has 1 aliphatic heterocycles. The SMILES string of the molecule is O=C(Nc1cnc(OC2CCN(C(=O)O)C2)nc1)c1nc(-c2ccccc2)oc1C(F)(F)F. The molecule has 3 aromatic rings. The highest BCUT2D eigenvalue weighted by Crippen LogP contribution is 2.35. The van der Waals surface area contributed by atoms with Gasteiger partial charge >= 0.3 is 18.3 Å². The van der Waals surface area contributed by atoms with Crippen LogP contribution in [0.25, 0.3) is 11.5 Å². The van der Waals surface area contributed by atoms with Gasteiger partial charge in [-0.05, 0) is 12.1 Å². The Morgan fingerprint density at radius 3 is 2.48 bits per heavy atom. The van der Waals surface area contributed by atoms with E-state index < -0.39 is 35.7 Å². The highest BCUT2D eigenvalue weighted by Gasteiger charge is 2.42. The molecular formula is C20H16F3N5O5. The Kier molecular flexibility index (Phi) is 5.85. The Labute approximate surface area is 184 Å². The number of amides is 2. The molecule has 1 fully saturated rings. The molecule has 2 N–H and O–H groups in total. The number of oxazole rings is 1. The number of aromatic nitrogens is 3. The molecule has 1 atom stereocenters. The van der Waals surface area contributed by atoms with Crippen LogP contribution in [0.5, 0.6) is 6.01 Å². The van der Waals surface area contributed by atoms with Crippen LogP contribution in [-0.2, 0) is 6.18 Å². The highest BCUT2D eigenvalue weighted by molar-refractivity contribution is 6.03. The van der Waals surface area contributed by atoms with E-state index in [1.54, 1.807) is 18.2 Å². The fraction of sp³-hybridized carbons (Fsp3) is 0.250. The molecule has 1 saturated heterocycles.